The van der Waals surface area contributed by atoms with Crippen LogP contribution in [0.2, 0.25) is 0 Å². The van der Waals surface area contributed by atoms with E-state index in [9.17, 15) is 0 Å². The molecule has 0 saturated heterocycles. The first-order valence-corrected chi connectivity index (χ1v) is 4.52. The first-order chi connectivity index (χ1) is 3.77. The Kier molecular flexibility index (Phi) is 7.62. The zero-order valence-electron chi connectivity index (χ0n) is 4.82. The molecular weight excluding hydrogens is 330 g/mol. The van der Waals surface area contributed by atoms with E-state index in [4.69, 9.17) is 0 Å². The Labute approximate surface area is 78.4 Å². The molecule has 0 spiro atoms. The number of hydrogen-bond acceptors (Lipinski definition) is 2. The van der Waals surface area contributed by atoms with Crippen molar-refractivity contribution in [1.82, 2.24) is 6.64 Å². The van der Waals surface area contributed by atoms with Crippen molar-refractivity contribution in [3.05, 3.63) is 0 Å². The van der Waals surface area contributed by atoms with Crippen molar-refractivity contribution in [2.24, 2.45) is 0 Å². The van der Waals surface area contributed by atoms with Gasteiger partial charge in [-0.15, -0.1) is 0 Å². The van der Waals surface area contributed by atoms with Gasteiger partial charge in [0.15, 0.2) is 0 Å². The molecule has 0 aliphatic rings. The molecule has 4 heteroatoms. The highest BCUT2D eigenvalue weighted by Crippen LogP contribution is 1.93. The van der Waals surface area contributed by atoms with Crippen LogP contribution in [-0.4, -0.2) is 23.3 Å². The predicted molar refractivity (Wildman–Crippen MR) is 53.3 cm³/mol. The molecule has 0 aliphatic heterocycles. The van der Waals surface area contributed by atoms with E-state index >= 15 is 0 Å². The lowest BCUT2D eigenvalue weighted by Crippen LogP contribution is -2.11. The lowest BCUT2D eigenvalue weighted by molar-refractivity contribution is 0.581. The summed E-state index contributed by atoms with van der Waals surface area (Å²) in [4.78, 5) is 0. The SMILES string of the molecule is CN(I)CCCNI. The van der Waals surface area contributed by atoms with E-state index < -0.39 is 0 Å². The van der Waals surface area contributed by atoms with Crippen molar-refractivity contribution in [2.45, 2.75) is 6.42 Å². The quantitative estimate of drug-likeness (QED) is 0.475. The molecule has 0 aliphatic carbocycles. The molecule has 0 atom stereocenters. The first kappa shape index (κ1) is 9.38. The maximum absolute atomic E-state index is 3.06. The van der Waals surface area contributed by atoms with E-state index in [0.29, 0.717) is 0 Å². The fraction of sp³-hybridized carbons (Fsp3) is 1.00. The van der Waals surface area contributed by atoms with Gasteiger partial charge in [-0.2, -0.15) is 0 Å². The van der Waals surface area contributed by atoms with Gasteiger partial charge in [-0.1, -0.05) is 0 Å². The van der Waals surface area contributed by atoms with E-state index in [1.54, 1.807) is 0 Å². The van der Waals surface area contributed by atoms with E-state index in [-0.39, 0.29) is 0 Å². The lowest BCUT2D eigenvalue weighted by Gasteiger charge is -2.04. The molecule has 2 nitrogen and oxygen atoms in total. The molecule has 0 aromatic carbocycles. The van der Waals surface area contributed by atoms with Gasteiger partial charge in [0.1, 0.15) is 0 Å². The van der Waals surface area contributed by atoms with Gasteiger partial charge in [0.2, 0.25) is 0 Å². The number of nitrogens with zero attached hydrogens (tertiary/aromatic N) is 1. The fourth-order valence-electron chi connectivity index (χ4n) is 0.364. The van der Waals surface area contributed by atoms with Gasteiger partial charge in [-0.25, -0.2) is 0 Å². The minimum atomic E-state index is 1.11. The smallest absolute Gasteiger partial charge is 0.0198 e. The second-order valence-electron chi connectivity index (χ2n) is 1.57. The van der Waals surface area contributed by atoms with E-state index in [1.807, 2.05) is 0 Å². The maximum Gasteiger partial charge on any atom is 0.0198 e. The van der Waals surface area contributed by atoms with Gasteiger partial charge < -0.3 is 0 Å². The van der Waals surface area contributed by atoms with Crippen molar-refractivity contribution in [3.63, 3.8) is 0 Å². The Morgan fingerprint density at radius 3 is 2.62 bits per heavy atom. The molecule has 0 bridgehead atoms. The highest BCUT2D eigenvalue weighted by atomic mass is 127. The van der Waals surface area contributed by atoms with E-state index in [1.165, 1.54) is 6.42 Å². The van der Waals surface area contributed by atoms with Crippen LogP contribution in [0.5, 0.6) is 0 Å². The topological polar surface area (TPSA) is 15.3 Å². The predicted octanol–water partition coefficient (Wildman–Crippen LogP) is 1.60. The molecule has 0 heterocycles. The van der Waals surface area contributed by atoms with Crippen molar-refractivity contribution >= 4 is 45.7 Å². The van der Waals surface area contributed by atoms with Crippen LogP contribution in [0.25, 0.3) is 0 Å². The van der Waals surface area contributed by atoms with Crippen molar-refractivity contribution in [2.75, 3.05) is 20.1 Å². The van der Waals surface area contributed by atoms with Crippen molar-refractivity contribution < 1.29 is 0 Å². The lowest BCUT2D eigenvalue weighted by atomic mass is 10.4. The van der Waals surface area contributed by atoms with Crippen LogP contribution in [0, 0.1) is 0 Å². The summed E-state index contributed by atoms with van der Waals surface area (Å²) in [7, 11) is 2.08. The number of halogens is 2. The molecule has 50 valence electrons. The summed E-state index contributed by atoms with van der Waals surface area (Å²) in [6.45, 7) is 2.27. The van der Waals surface area contributed by atoms with Crippen LogP contribution in [0.3, 0.4) is 0 Å². The van der Waals surface area contributed by atoms with Gasteiger partial charge in [-0.05, 0) is 13.5 Å². The van der Waals surface area contributed by atoms with Crippen LogP contribution in [0.4, 0.5) is 0 Å². The fourth-order valence-corrected chi connectivity index (χ4v) is 1.09. The monoisotopic (exact) mass is 340 g/mol. The van der Waals surface area contributed by atoms with Gasteiger partial charge in [0.05, 0.1) is 0 Å². The Morgan fingerprint density at radius 2 is 2.25 bits per heavy atom. The van der Waals surface area contributed by atoms with Crippen molar-refractivity contribution in [3.8, 4) is 0 Å². The van der Waals surface area contributed by atoms with Crippen LogP contribution >= 0.6 is 45.7 Å². The van der Waals surface area contributed by atoms with Crippen LogP contribution in [-0.2, 0) is 0 Å². The molecule has 0 aromatic heterocycles. The first-order valence-electron chi connectivity index (χ1n) is 2.48. The zero-order valence-corrected chi connectivity index (χ0v) is 9.14. The van der Waals surface area contributed by atoms with Gasteiger partial charge in [0, 0.05) is 58.8 Å². The summed E-state index contributed by atoms with van der Waals surface area (Å²) < 4.78 is 5.22. The van der Waals surface area contributed by atoms with Crippen LogP contribution in [0.15, 0.2) is 0 Å². The Balaban J connectivity index is 2.72. The molecule has 0 amide bonds. The third kappa shape index (κ3) is 7.38. The molecule has 0 saturated carbocycles. The van der Waals surface area contributed by atoms with Gasteiger partial charge in [-0.3, -0.25) is 6.64 Å². The third-order valence-corrected chi connectivity index (χ3v) is 1.76. The number of rotatable bonds is 4. The summed E-state index contributed by atoms with van der Waals surface area (Å²) >= 11 is 4.45. The Morgan fingerprint density at radius 1 is 1.62 bits per heavy atom. The number of nitrogens with one attached hydrogen (secondary N) is 1. The maximum atomic E-state index is 3.06. The largest absolute Gasteiger partial charge is 0.261 e. The third-order valence-electron chi connectivity index (χ3n) is 0.738. The zero-order chi connectivity index (χ0) is 6.41. The van der Waals surface area contributed by atoms with Crippen LogP contribution in [0.1, 0.15) is 6.42 Å². The summed E-state index contributed by atoms with van der Waals surface area (Å²) in [5, 5.41) is 0. The molecule has 0 rings (SSSR count). The number of hydrogen-bond donors (Lipinski definition) is 1. The summed E-state index contributed by atoms with van der Waals surface area (Å²) in [5.41, 5.74) is 0. The normalized spacial score (nSPS) is 10.5. The average molecular weight is 340 g/mol. The average Bonchev–Trinajstić information content (AvgIpc) is 1.66. The second-order valence-corrected chi connectivity index (χ2v) is 3.98. The Bertz CT molecular complexity index is 49.3. The second kappa shape index (κ2) is 6.50. The molecule has 0 radical (unpaired) electrons. The molecule has 0 fully saturated rings. The molecule has 0 aromatic rings. The van der Waals surface area contributed by atoms with Crippen molar-refractivity contribution in [1.29, 1.82) is 0 Å². The summed E-state index contributed by atoms with van der Waals surface area (Å²) in [6, 6.07) is 0. The van der Waals surface area contributed by atoms with Gasteiger partial charge in [0.25, 0.3) is 0 Å². The molecular formula is C4H10I2N2. The summed E-state index contributed by atoms with van der Waals surface area (Å²) in [5.74, 6) is 0. The van der Waals surface area contributed by atoms with E-state index in [2.05, 4.69) is 59.4 Å². The molecule has 1 N–H and O–H groups in total. The van der Waals surface area contributed by atoms with Crippen LogP contribution < -0.4 is 3.53 Å². The minimum absolute atomic E-state index is 1.11. The molecule has 8 heavy (non-hydrogen) atoms. The highest BCUT2D eigenvalue weighted by Gasteiger charge is 1.88. The summed E-state index contributed by atoms with van der Waals surface area (Å²) in [6.07, 6.45) is 1.22. The highest BCUT2D eigenvalue weighted by molar-refractivity contribution is 14.1. The Hall–Kier alpha value is 1.38. The molecule has 0 unspecified atom stereocenters. The minimum Gasteiger partial charge on any atom is -0.261 e. The standard InChI is InChI=1S/C4H10I2N2/c1-8(6)4-2-3-7-5/h7H,2-4H2,1H3. The van der Waals surface area contributed by atoms with Gasteiger partial charge >= 0.3 is 0 Å². The van der Waals surface area contributed by atoms with E-state index in [0.717, 1.165) is 13.1 Å².